The molecule has 0 aliphatic carbocycles. The van der Waals surface area contributed by atoms with Gasteiger partial charge in [0.05, 0.1) is 6.04 Å². The highest BCUT2D eigenvalue weighted by Gasteiger charge is 2.48. The molecule has 1 aliphatic rings. The van der Waals surface area contributed by atoms with Crippen molar-refractivity contribution >= 4 is 17.8 Å². The molecule has 0 N–H and O–H groups in total. The number of likely N-dealkylation sites (tertiary alicyclic amines) is 1. The number of ether oxygens (including phenoxy) is 2. The van der Waals surface area contributed by atoms with Crippen molar-refractivity contribution in [2.45, 2.75) is 45.8 Å². The summed E-state index contributed by atoms with van der Waals surface area (Å²) in [5.41, 5.74) is 2.97. The Labute approximate surface area is 216 Å². The van der Waals surface area contributed by atoms with Crippen LogP contribution in [0.5, 0.6) is 5.75 Å². The van der Waals surface area contributed by atoms with Crippen LogP contribution in [0, 0.1) is 12.8 Å². The van der Waals surface area contributed by atoms with Gasteiger partial charge in [0.25, 0.3) is 0 Å². The molecule has 2 amide bonds. The maximum Gasteiger partial charge on any atom is 0.417 e. The van der Waals surface area contributed by atoms with Crippen LogP contribution in [-0.4, -0.2) is 35.1 Å². The lowest BCUT2D eigenvalue weighted by molar-refractivity contribution is -0.130. The van der Waals surface area contributed by atoms with Gasteiger partial charge in [0.15, 0.2) is 5.78 Å². The molecule has 0 aromatic heterocycles. The normalized spacial score (nSPS) is 17.5. The van der Waals surface area contributed by atoms with E-state index < -0.39 is 36.4 Å². The number of halogens is 1. The van der Waals surface area contributed by atoms with Gasteiger partial charge in [-0.05, 0) is 68.5 Å². The zero-order chi connectivity index (χ0) is 26.7. The first kappa shape index (κ1) is 26.1. The maximum atomic E-state index is 13.5. The summed E-state index contributed by atoms with van der Waals surface area (Å²) >= 11 is 0. The molecule has 3 aromatic carbocycles. The largest absolute Gasteiger partial charge is 0.463 e. The number of alkyl halides is 1. The molecule has 0 radical (unpaired) electrons. The van der Waals surface area contributed by atoms with Gasteiger partial charge in [-0.25, -0.2) is 14.1 Å². The van der Waals surface area contributed by atoms with Gasteiger partial charge in [-0.15, -0.1) is 0 Å². The average Bonchev–Trinajstić information content (AvgIpc) is 3.21. The van der Waals surface area contributed by atoms with E-state index in [4.69, 9.17) is 9.47 Å². The topological polar surface area (TPSA) is 72.9 Å². The number of benzene rings is 3. The molecule has 3 aromatic rings. The first-order valence-electron chi connectivity index (χ1n) is 12.1. The summed E-state index contributed by atoms with van der Waals surface area (Å²) in [6.07, 6.45) is -0.602. The predicted octanol–water partition coefficient (Wildman–Crippen LogP) is 6.68. The summed E-state index contributed by atoms with van der Waals surface area (Å²) in [6, 6.07) is 21.0. The fraction of sp³-hybridized carbons (Fsp3) is 0.300. The van der Waals surface area contributed by atoms with Crippen LogP contribution >= 0.6 is 0 Å². The summed E-state index contributed by atoms with van der Waals surface area (Å²) in [4.78, 5) is 41.1. The van der Waals surface area contributed by atoms with Crippen molar-refractivity contribution in [3.8, 4) is 16.9 Å². The zero-order valence-corrected chi connectivity index (χ0v) is 21.4. The van der Waals surface area contributed by atoms with Gasteiger partial charge in [0, 0.05) is 5.56 Å². The molecule has 6 nitrogen and oxygen atoms in total. The second-order valence-electron chi connectivity index (χ2n) is 10.1. The highest BCUT2D eigenvalue weighted by molar-refractivity contribution is 6.14. The molecular formula is C30H30FNO5. The Morgan fingerprint density at radius 3 is 2.11 bits per heavy atom. The Bertz CT molecular complexity index is 1290. The summed E-state index contributed by atoms with van der Waals surface area (Å²) in [5.74, 6) is -1.41. The Hall–Kier alpha value is -4.00. The lowest BCUT2D eigenvalue weighted by Gasteiger charge is -2.27. The lowest BCUT2D eigenvalue weighted by Crippen LogP contribution is -2.40. The summed E-state index contributed by atoms with van der Waals surface area (Å²) in [6.45, 7) is 6.12. The minimum atomic E-state index is -0.985. The number of amides is 2. The Balaban J connectivity index is 1.64. The van der Waals surface area contributed by atoms with Gasteiger partial charge in [-0.3, -0.25) is 9.59 Å². The molecule has 4 rings (SSSR count). The standard InChI is InChI=1S/C30H30FNO5/c1-19-7-5-6-8-24(19)27(33)25-17-26(32(28(25)34)29(35)37-30(2,3)4)22-11-9-20(10-12-22)21-13-15-23(16-14-21)36-18-31/h5-16,25-26H,17-18H2,1-4H3. The van der Waals surface area contributed by atoms with Gasteiger partial charge in [-0.2, -0.15) is 0 Å². The predicted molar refractivity (Wildman–Crippen MR) is 138 cm³/mol. The molecule has 1 heterocycles. The monoisotopic (exact) mass is 503 g/mol. The van der Waals surface area contributed by atoms with Crippen LogP contribution in [0.1, 0.15) is 54.7 Å². The van der Waals surface area contributed by atoms with Crippen LogP contribution in [0.2, 0.25) is 0 Å². The number of carbonyl (C=O) groups is 3. The van der Waals surface area contributed by atoms with Crippen LogP contribution in [-0.2, 0) is 9.53 Å². The number of imide groups is 1. The van der Waals surface area contributed by atoms with E-state index in [1.54, 1.807) is 45.0 Å². The lowest BCUT2D eigenvalue weighted by atomic mass is 9.90. The first-order valence-corrected chi connectivity index (χ1v) is 12.1. The quantitative estimate of drug-likeness (QED) is 0.277. The summed E-state index contributed by atoms with van der Waals surface area (Å²) in [7, 11) is 0. The number of hydrogen-bond acceptors (Lipinski definition) is 5. The number of nitrogens with zero attached hydrogens (tertiary/aromatic N) is 1. The summed E-state index contributed by atoms with van der Waals surface area (Å²) in [5, 5.41) is 0. The fourth-order valence-corrected chi connectivity index (χ4v) is 4.53. The van der Waals surface area contributed by atoms with Gasteiger partial charge in [0.2, 0.25) is 12.8 Å². The van der Waals surface area contributed by atoms with Crippen LogP contribution < -0.4 is 4.74 Å². The second kappa shape index (κ2) is 10.5. The van der Waals surface area contributed by atoms with Crippen molar-refractivity contribution < 1.29 is 28.2 Å². The van der Waals surface area contributed by atoms with E-state index >= 15 is 0 Å². The fourth-order valence-electron chi connectivity index (χ4n) is 4.53. The van der Waals surface area contributed by atoms with E-state index in [1.165, 1.54) is 0 Å². The molecule has 37 heavy (non-hydrogen) atoms. The third kappa shape index (κ3) is 5.71. The molecule has 2 atom stereocenters. The average molecular weight is 504 g/mol. The highest BCUT2D eigenvalue weighted by Crippen LogP contribution is 2.40. The van der Waals surface area contributed by atoms with E-state index in [1.807, 2.05) is 55.5 Å². The van der Waals surface area contributed by atoms with Crippen LogP contribution in [0.4, 0.5) is 9.18 Å². The number of rotatable bonds is 6. The number of Topliss-reactive ketones (excluding diaryl/α,β-unsaturated/α-hetero) is 1. The van der Waals surface area contributed by atoms with E-state index in [9.17, 15) is 18.8 Å². The molecule has 2 unspecified atom stereocenters. The van der Waals surface area contributed by atoms with Crippen molar-refractivity contribution in [2.24, 2.45) is 5.92 Å². The van der Waals surface area contributed by atoms with Gasteiger partial charge < -0.3 is 9.47 Å². The molecular weight excluding hydrogens is 473 g/mol. The zero-order valence-electron chi connectivity index (χ0n) is 21.4. The molecule has 1 fully saturated rings. The highest BCUT2D eigenvalue weighted by atomic mass is 19.1. The summed E-state index contributed by atoms with van der Waals surface area (Å²) < 4.78 is 22.8. The van der Waals surface area contributed by atoms with Crippen molar-refractivity contribution in [3.05, 3.63) is 89.5 Å². The van der Waals surface area contributed by atoms with Crippen molar-refractivity contribution in [3.63, 3.8) is 0 Å². The Morgan fingerprint density at radius 2 is 1.54 bits per heavy atom. The van der Waals surface area contributed by atoms with Gasteiger partial charge >= 0.3 is 6.09 Å². The first-order chi connectivity index (χ1) is 17.6. The Morgan fingerprint density at radius 1 is 0.946 bits per heavy atom. The number of hydrogen-bond donors (Lipinski definition) is 0. The molecule has 1 saturated heterocycles. The van der Waals surface area contributed by atoms with Crippen LogP contribution in [0.15, 0.2) is 72.8 Å². The molecule has 7 heteroatoms. The molecule has 192 valence electrons. The minimum Gasteiger partial charge on any atom is -0.463 e. The number of aryl methyl sites for hydroxylation is 1. The third-order valence-corrected chi connectivity index (χ3v) is 6.33. The second-order valence-corrected chi connectivity index (χ2v) is 10.1. The number of carbonyl (C=O) groups excluding carboxylic acids is 3. The molecule has 0 saturated carbocycles. The van der Waals surface area contributed by atoms with Crippen LogP contribution in [0.3, 0.4) is 0 Å². The van der Waals surface area contributed by atoms with Gasteiger partial charge in [0.1, 0.15) is 17.3 Å². The van der Waals surface area contributed by atoms with Gasteiger partial charge in [-0.1, -0.05) is 60.7 Å². The van der Waals surface area contributed by atoms with Crippen LogP contribution in [0.25, 0.3) is 11.1 Å². The third-order valence-electron chi connectivity index (χ3n) is 6.33. The van der Waals surface area contributed by atoms with E-state index in [2.05, 4.69) is 0 Å². The molecule has 0 spiro atoms. The molecule has 0 bridgehead atoms. The minimum absolute atomic E-state index is 0.167. The Kier molecular flexibility index (Phi) is 7.43. The number of ketones is 1. The van der Waals surface area contributed by atoms with E-state index in [0.29, 0.717) is 11.3 Å². The SMILES string of the molecule is Cc1ccccc1C(=O)C1CC(c2ccc(-c3ccc(OCF)cc3)cc2)N(C(=O)OC(C)(C)C)C1=O. The smallest absolute Gasteiger partial charge is 0.417 e. The van der Waals surface area contributed by atoms with Crippen molar-refractivity contribution in [1.29, 1.82) is 0 Å². The van der Waals surface area contributed by atoms with Crippen molar-refractivity contribution in [2.75, 3.05) is 6.86 Å². The van der Waals surface area contributed by atoms with E-state index in [0.717, 1.165) is 27.2 Å². The molecule has 1 aliphatic heterocycles. The van der Waals surface area contributed by atoms with E-state index in [-0.39, 0.29) is 12.2 Å². The maximum absolute atomic E-state index is 13.5. The van der Waals surface area contributed by atoms with Crippen molar-refractivity contribution in [1.82, 2.24) is 4.90 Å².